The second kappa shape index (κ2) is 3.40. The third-order valence-corrected chi connectivity index (χ3v) is 0.765. The van der Waals surface area contributed by atoms with E-state index in [2.05, 4.69) is 5.43 Å². The number of hydrazine groups is 1. The first-order valence-corrected chi connectivity index (χ1v) is 2.34. The molecule has 0 aromatic heterocycles. The van der Waals surface area contributed by atoms with E-state index in [-0.39, 0.29) is 12.5 Å². The fraction of sp³-hybridized carbons (Fsp3) is 0.750. The highest BCUT2D eigenvalue weighted by Gasteiger charge is 2.02. The molecule has 0 aliphatic rings. The Morgan fingerprint density at radius 1 is 2.00 bits per heavy atom. The molecule has 0 spiro atoms. The fourth-order valence-electron chi connectivity index (χ4n) is 0.321. The maximum absolute atomic E-state index is 9.87. The average molecular weight is 118 g/mol. The van der Waals surface area contributed by atoms with Gasteiger partial charge in [0.1, 0.15) is 0 Å². The molecule has 0 aliphatic carbocycles. The van der Waals surface area contributed by atoms with Crippen LogP contribution in [0.3, 0.4) is 0 Å². The van der Waals surface area contributed by atoms with Crippen LogP contribution in [0.4, 0.5) is 0 Å². The lowest BCUT2D eigenvalue weighted by Gasteiger charge is -2.03. The predicted octanol–water partition coefficient (Wildman–Crippen LogP) is -0.687. The van der Waals surface area contributed by atoms with Crippen molar-refractivity contribution >= 4 is 5.97 Å². The second-order valence-corrected chi connectivity index (χ2v) is 1.67. The third-order valence-electron chi connectivity index (χ3n) is 0.765. The standard InChI is InChI=1S/C4H10N2O2/c1-3(6-5)2-4(7)8/h3,6H,2,5H2,1H3,(H,7,8). The van der Waals surface area contributed by atoms with Gasteiger partial charge in [-0.05, 0) is 6.92 Å². The number of nitrogens with two attached hydrogens (primary N) is 1. The minimum absolute atomic E-state index is 0.0660. The maximum atomic E-state index is 9.87. The summed E-state index contributed by atoms with van der Waals surface area (Å²) in [5, 5.41) is 8.12. The zero-order chi connectivity index (χ0) is 6.57. The molecule has 0 fully saturated rings. The maximum Gasteiger partial charge on any atom is 0.304 e. The van der Waals surface area contributed by atoms with Gasteiger partial charge in [0, 0.05) is 6.04 Å². The molecule has 0 saturated heterocycles. The summed E-state index contributed by atoms with van der Waals surface area (Å²) < 4.78 is 0. The molecule has 8 heavy (non-hydrogen) atoms. The average Bonchev–Trinajstić information content (AvgIpc) is 1.65. The van der Waals surface area contributed by atoms with E-state index >= 15 is 0 Å². The largest absolute Gasteiger partial charge is 0.481 e. The van der Waals surface area contributed by atoms with Gasteiger partial charge in [-0.1, -0.05) is 0 Å². The minimum atomic E-state index is -0.838. The topological polar surface area (TPSA) is 75.3 Å². The van der Waals surface area contributed by atoms with Gasteiger partial charge in [-0.25, -0.2) is 0 Å². The van der Waals surface area contributed by atoms with Crippen molar-refractivity contribution in [3.8, 4) is 0 Å². The third kappa shape index (κ3) is 3.58. The zero-order valence-electron chi connectivity index (χ0n) is 4.72. The van der Waals surface area contributed by atoms with Crippen molar-refractivity contribution in [3.05, 3.63) is 0 Å². The summed E-state index contributed by atoms with van der Waals surface area (Å²) in [6, 6.07) is -0.146. The van der Waals surface area contributed by atoms with Gasteiger partial charge in [0.25, 0.3) is 0 Å². The number of rotatable bonds is 3. The molecule has 0 rings (SSSR count). The lowest BCUT2D eigenvalue weighted by Crippen LogP contribution is -2.34. The molecular weight excluding hydrogens is 108 g/mol. The van der Waals surface area contributed by atoms with Gasteiger partial charge in [0.2, 0.25) is 0 Å². The van der Waals surface area contributed by atoms with Crippen molar-refractivity contribution in [2.45, 2.75) is 19.4 Å². The highest BCUT2D eigenvalue weighted by Crippen LogP contribution is 1.85. The Kier molecular flexibility index (Phi) is 3.14. The molecule has 0 aromatic carbocycles. The van der Waals surface area contributed by atoms with Crippen LogP contribution < -0.4 is 11.3 Å². The number of hydrogen-bond donors (Lipinski definition) is 3. The normalized spacial score (nSPS) is 13.2. The fourth-order valence-corrected chi connectivity index (χ4v) is 0.321. The van der Waals surface area contributed by atoms with E-state index in [0.717, 1.165) is 0 Å². The number of carboxylic acids is 1. The van der Waals surface area contributed by atoms with Gasteiger partial charge in [0.05, 0.1) is 6.42 Å². The highest BCUT2D eigenvalue weighted by molar-refractivity contribution is 5.67. The Labute approximate surface area is 47.6 Å². The molecule has 48 valence electrons. The summed E-state index contributed by atoms with van der Waals surface area (Å²) in [4.78, 5) is 9.87. The van der Waals surface area contributed by atoms with E-state index in [4.69, 9.17) is 10.9 Å². The monoisotopic (exact) mass is 118 g/mol. The van der Waals surface area contributed by atoms with Gasteiger partial charge >= 0.3 is 5.97 Å². The molecule has 0 heterocycles. The molecule has 0 saturated carbocycles. The van der Waals surface area contributed by atoms with Crippen LogP contribution in [0.15, 0.2) is 0 Å². The number of carboxylic acid groups (broad SMARTS) is 1. The van der Waals surface area contributed by atoms with Crippen LogP contribution in [0.5, 0.6) is 0 Å². The lowest BCUT2D eigenvalue weighted by atomic mass is 10.2. The summed E-state index contributed by atoms with van der Waals surface area (Å²) in [7, 11) is 0. The first-order valence-electron chi connectivity index (χ1n) is 2.34. The van der Waals surface area contributed by atoms with Crippen molar-refractivity contribution in [3.63, 3.8) is 0 Å². The molecule has 1 atom stereocenters. The molecule has 0 radical (unpaired) electrons. The smallest absolute Gasteiger partial charge is 0.304 e. The van der Waals surface area contributed by atoms with Crippen LogP contribution in [0.1, 0.15) is 13.3 Å². The van der Waals surface area contributed by atoms with E-state index in [1.54, 1.807) is 6.92 Å². The summed E-state index contributed by atoms with van der Waals surface area (Å²) in [6.45, 7) is 1.70. The first kappa shape index (κ1) is 7.39. The Morgan fingerprint density at radius 3 is 2.62 bits per heavy atom. The number of hydrogen-bond acceptors (Lipinski definition) is 3. The van der Waals surface area contributed by atoms with Crippen molar-refractivity contribution in [1.82, 2.24) is 5.43 Å². The minimum Gasteiger partial charge on any atom is -0.481 e. The van der Waals surface area contributed by atoms with Gasteiger partial charge in [-0.2, -0.15) is 0 Å². The lowest BCUT2D eigenvalue weighted by molar-refractivity contribution is -0.137. The Morgan fingerprint density at radius 2 is 2.50 bits per heavy atom. The molecule has 4 nitrogen and oxygen atoms in total. The molecule has 4 heteroatoms. The van der Waals surface area contributed by atoms with E-state index < -0.39 is 5.97 Å². The zero-order valence-corrected chi connectivity index (χ0v) is 4.72. The van der Waals surface area contributed by atoms with Crippen LogP contribution >= 0.6 is 0 Å². The van der Waals surface area contributed by atoms with Gasteiger partial charge in [0.15, 0.2) is 0 Å². The Balaban J connectivity index is 3.24. The van der Waals surface area contributed by atoms with Gasteiger partial charge < -0.3 is 5.11 Å². The number of nitrogens with one attached hydrogen (secondary N) is 1. The van der Waals surface area contributed by atoms with Crippen molar-refractivity contribution in [2.75, 3.05) is 0 Å². The molecule has 0 bridgehead atoms. The molecule has 1 unspecified atom stereocenters. The molecule has 0 amide bonds. The SMILES string of the molecule is CC(CC(=O)O)NN. The Bertz CT molecular complexity index is 84.1. The quantitative estimate of drug-likeness (QED) is 0.339. The molecule has 4 N–H and O–H groups in total. The van der Waals surface area contributed by atoms with Crippen molar-refractivity contribution < 1.29 is 9.90 Å². The summed E-state index contributed by atoms with van der Waals surface area (Å²) in [5.41, 5.74) is 2.32. The van der Waals surface area contributed by atoms with E-state index in [9.17, 15) is 4.79 Å². The summed E-state index contributed by atoms with van der Waals surface area (Å²) in [5.74, 6) is 4.07. The van der Waals surface area contributed by atoms with Crippen LogP contribution in [0.2, 0.25) is 0 Å². The molecule has 0 aromatic rings. The van der Waals surface area contributed by atoms with Crippen LogP contribution in [0.25, 0.3) is 0 Å². The van der Waals surface area contributed by atoms with Gasteiger partial charge in [-0.3, -0.25) is 16.1 Å². The molecular formula is C4H10N2O2. The highest BCUT2D eigenvalue weighted by atomic mass is 16.4. The number of aliphatic carboxylic acids is 1. The summed E-state index contributed by atoms with van der Waals surface area (Å²) >= 11 is 0. The van der Waals surface area contributed by atoms with Crippen LogP contribution in [0, 0.1) is 0 Å². The Hall–Kier alpha value is -0.610. The van der Waals surface area contributed by atoms with Crippen LogP contribution in [-0.4, -0.2) is 17.1 Å². The van der Waals surface area contributed by atoms with E-state index in [1.807, 2.05) is 0 Å². The van der Waals surface area contributed by atoms with Crippen LogP contribution in [-0.2, 0) is 4.79 Å². The van der Waals surface area contributed by atoms with Crippen molar-refractivity contribution in [1.29, 1.82) is 0 Å². The second-order valence-electron chi connectivity index (χ2n) is 1.67. The van der Waals surface area contributed by atoms with Crippen molar-refractivity contribution in [2.24, 2.45) is 5.84 Å². The van der Waals surface area contributed by atoms with E-state index in [0.29, 0.717) is 0 Å². The van der Waals surface area contributed by atoms with E-state index in [1.165, 1.54) is 0 Å². The van der Waals surface area contributed by atoms with Gasteiger partial charge in [-0.15, -0.1) is 0 Å². The molecule has 0 aliphatic heterocycles. The first-order chi connectivity index (χ1) is 3.66. The predicted molar refractivity (Wildman–Crippen MR) is 29.0 cm³/mol. The number of carbonyl (C=O) groups is 1. The summed E-state index contributed by atoms with van der Waals surface area (Å²) in [6.07, 6.45) is 0.0660.